The Morgan fingerprint density at radius 2 is 1.00 bits per heavy atom. The smallest absolute Gasteiger partial charge is 0.104 e. The van der Waals surface area contributed by atoms with E-state index in [1.165, 1.54) is 83.5 Å². The molecular weight excluding hydrogens is 390 g/mol. The number of halogens is 1. The second-order valence-electron chi connectivity index (χ2n) is 9.16. The summed E-state index contributed by atoms with van der Waals surface area (Å²) in [5.41, 5.74) is 0. The molecule has 0 aliphatic heterocycles. The third-order valence-electron chi connectivity index (χ3n) is 6.03. The Labute approximate surface area is 193 Å². The van der Waals surface area contributed by atoms with Crippen LogP contribution in [-0.2, 0) is 9.47 Å². The number of hydrogen-bond donors (Lipinski definition) is 1. The SMILES string of the molecule is CCCCCCCCCCCCCCCCOCC(CO)OCCCCCCCC[18F]. The predicted octanol–water partition coefficient (Wildman–Crippen LogP) is 8.17. The van der Waals surface area contributed by atoms with E-state index >= 15 is 0 Å². The maximum absolute atomic E-state index is 12.0. The Bertz CT molecular complexity index is 315. The average Bonchev–Trinajstić information content (AvgIpc) is 2.79. The van der Waals surface area contributed by atoms with Crippen molar-refractivity contribution in [2.24, 2.45) is 0 Å². The molecule has 0 rings (SSSR count). The lowest BCUT2D eigenvalue weighted by Crippen LogP contribution is -2.24. The van der Waals surface area contributed by atoms with Gasteiger partial charge in [-0.25, -0.2) is 0 Å². The molecule has 0 aliphatic rings. The van der Waals surface area contributed by atoms with Gasteiger partial charge < -0.3 is 14.6 Å². The fourth-order valence-corrected chi connectivity index (χ4v) is 3.92. The third-order valence-corrected chi connectivity index (χ3v) is 6.03. The molecule has 4 heteroatoms. The van der Waals surface area contributed by atoms with Gasteiger partial charge in [0.15, 0.2) is 0 Å². The topological polar surface area (TPSA) is 38.7 Å². The average molecular weight is 446 g/mol. The molecule has 0 radical (unpaired) electrons. The van der Waals surface area contributed by atoms with Crippen LogP contribution < -0.4 is 0 Å². The summed E-state index contributed by atoms with van der Waals surface area (Å²) in [6, 6.07) is 0. The Balaban J connectivity index is 3.23. The minimum Gasteiger partial charge on any atom is -0.394 e. The van der Waals surface area contributed by atoms with Gasteiger partial charge in [-0.15, -0.1) is 0 Å². The molecule has 0 heterocycles. The summed E-state index contributed by atoms with van der Waals surface area (Å²) >= 11 is 0. The molecule has 0 bridgehead atoms. The van der Waals surface area contributed by atoms with Crippen LogP contribution in [-0.4, -0.2) is 44.3 Å². The van der Waals surface area contributed by atoms with Crippen molar-refractivity contribution < 1.29 is 19.0 Å². The maximum Gasteiger partial charge on any atom is 0.104 e. The van der Waals surface area contributed by atoms with E-state index in [1.54, 1.807) is 0 Å². The minimum absolute atomic E-state index is 0.0231. The molecule has 0 aromatic heterocycles. The van der Waals surface area contributed by atoms with Gasteiger partial charge in [0.1, 0.15) is 6.10 Å². The minimum atomic E-state index is -0.196. The van der Waals surface area contributed by atoms with E-state index in [-0.39, 0.29) is 19.4 Å². The number of unbranched alkanes of at least 4 members (excludes halogenated alkanes) is 18. The summed E-state index contributed by atoms with van der Waals surface area (Å²) in [6.45, 7) is 4.05. The van der Waals surface area contributed by atoms with Crippen LogP contribution in [0.1, 0.15) is 135 Å². The van der Waals surface area contributed by atoms with Crippen molar-refractivity contribution in [2.75, 3.05) is 33.1 Å². The van der Waals surface area contributed by atoms with E-state index in [2.05, 4.69) is 6.92 Å². The Kier molecular flexibility index (Phi) is 27.7. The van der Waals surface area contributed by atoms with Crippen molar-refractivity contribution in [3.63, 3.8) is 0 Å². The van der Waals surface area contributed by atoms with Crippen LogP contribution in [0.4, 0.5) is 4.39 Å². The molecule has 0 aromatic carbocycles. The zero-order chi connectivity index (χ0) is 22.7. The molecule has 0 aromatic rings. The first kappa shape index (κ1) is 30.8. The highest BCUT2D eigenvalue weighted by Gasteiger charge is 2.07. The maximum atomic E-state index is 12.0. The van der Waals surface area contributed by atoms with Crippen molar-refractivity contribution in [1.82, 2.24) is 0 Å². The molecule has 3 nitrogen and oxygen atoms in total. The summed E-state index contributed by atoms with van der Waals surface area (Å²) in [5, 5.41) is 9.41. The van der Waals surface area contributed by atoms with Gasteiger partial charge in [0, 0.05) is 13.2 Å². The quantitative estimate of drug-likeness (QED) is 0.130. The summed E-state index contributed by atoms with van der Waals surface area (Å²) in [6.07, 6.45) is 25.0. The van der Waals surface area contributed by atoms with Crippen molar-refractivity contribution in [2.45, 2.75) is 141 Å². The number of hydrogen-bond acceptors (Lipinski definition) is 3. The van der Waals surface area contributed by atoms with E-state index in [9.17, 15) is 9.50 Å². The second-order valence-corrected chi connectivity index (χ2v) is 9.16. The Morgan fingerprint density at radius 1 is 0.581 bits per heavy atom. The van der Waals surface area contributed by atoms with Crippen LogP contribution in [0, 0.1) is 0 Å². The number of rotatable bonds is 27. The van der Waals surface area contributed by atoms with E-state index < -0.39 is 0 Å². The highest BCUT2D eigenvalue weighted by atomic mass is 18.2. The molecule has 31 heavy (non-hydrogen) atoms. The third kappa shape index (κ3) is 25.9. The molecule has 1 N–H and O–H groups in total. The zero-order valence-electron chi connectivity index (χ0n) is 20.9. The van der Waals surface area contributed by atoms with Gasteiger partial charge in [-0.3, -0.25) is 4.39 Å². The second kappa shape index (κ2) is 27.8. The standard InChI is InChI=1S/C27H55FO3/c1-2-3-4-5-6-7-8-9-10-11-12-14-17-20-23-30-26-27(25-29)31-24-21-18-15-13-16-19-22-28/h27,29H,2-26H2,1H3/i28-1. The lowest BCUT2D eigenvalue weighted by atomic mass is 10.0. The first-order valence-corrected chi connectivity index (χ1v) is 13.7. The highest BCUT2D eigenvalue weighted by Crippen LogP contribution is 2.13. The number of aliphatic hydroxyl groups is 1. The lowest BCUT2D eigenvalue weighted by molar-refractivity contribution is -0.0437. The van der Waals surface area contributed by atoms with Crippen LogP contribution in [0.25, 0.3) is 0 Å². The molecule has 1 atom stereocenters. The lowest BCUT2D eigenvalue weighted by Gasteiger charge is -2.15. The number of alkyl halides is 1. The zero-order valence-corrected chi connectivity index (χ0v) is 20.9. The van der Waals surface area contributed by atoms with Gasteiger partial charge in [-0.05, 0) is 19.3 Å². The first-order valence-electron chi connectivity index (χ1n) is 13.7. The molecular formula is C27H55FO3. The van der Waals surface area contributed by atoms with Gasteiger partial charge in [0.25, 0.3) is 0 Å². The van der Waals surface area contributed by atoms with Crippen LogP contribution in [0.3, 0.4) is 0 Å². The van der Waals surface area contributed by atoms with Gasteiger partial charge in [-0.1, -0.05) is 116 Å². The molecule has 0 fully saturated rings. The summed E-state index contributed by atoms with van der Waals surface area (Å²) in [7, 11) is 0. The van der Waals surface area contributed by atoms with E-state index in [0.29, 0.717) is 19.6 Å². The Morgan fingerprint density at radius 3 is 1.45 bits per heavy atom. The van der Waals surface area contributed by atoms with E-state index in [0.717, 1.165) is 45.1 Å². The summed E-state index contributed by atoms with van der Waals surface area (Å²) in [4.78, 5) is 0. The van der Waals surface area contributed by atoms with E-state index in [4.69, 9.17) is 9.47 Å². The van der Waals surface area contributed by atoms with Crippen LogP contribution in [0.2, 0.25) is 0 Å². The fraction of sp³-hybridized carbons (Fsp3) is 1.00. The fourth-order valence-electron chi connectivity index (χ4n) is 3.92. The highest BCUT2D eigenvalue weighted by molar-refractivity contribution is 4.55. The molecule has 0 spiro atoms. The van der Waals surface area contributed by atoms with Crippen LogP contribution >= 0.6 is 0 Å². The van der Waals surface area contributed by atoms with Gasteiger partial charge in [0.05, 0.1) is 19.9 Å². The number of ether oxygens (including phenoxy) is 2. The number of aliphatic hydroxyl groups excluding tert-OH is 1. The molecule has 0 amide bonds. The van der Waals surface area contributed by atoms with Crippen molar-refractivity contribution >= 4 is 0 Å². The molecule has 0 saturated carbocycles. The van der Waals surface area contributed by atoms with Crippen molar-refractivity contribution in [3.05, 3.63) is 0 Å². The van der Waals surface area contributed by atoms with Crippen LogP contribution in [0.15, 0.2) is 0 Å². The van der Waals surface area contributed by atoms with Gasteiger partial charge in [0.2, 0.25) is 0 Å². The van der Waals surface area contributed by atoms with Crippen molar-refractivity contribution in [1.29, 1.82) is 0 Å². The molecule has 188 valence electrons. The summed E-state index contributed by atoms with van der Waals surface area (Å²) in [5.74, 6) is 0. The summed E-state index contributed by atoms with van der Waals surface area (Å²) < 4.78 is 23.4. The molecule has 1 unspecified atom stereocenters. The van der Waals surface area contributed by atoms with Gasteiger partial charge in [-0.2, -0.15) is 0 Å². The van der Waals surface area contributed by atoms with E-state index in [1.807, 2.05) is 0 Å². The normalized spacial score (nSPS) is 12.5. The first-order chi connectivity index (χ1) is 15.3. The Hall–Kier alpha value is -0.190. The largest absolute Gasteiger partial charge is 0.394 e. The molecule has 0 aliphatic carbocycles. The molecule has 0 saturated heterocycles. The predicted molar refractivity (Wildman–Crippen MR) is 132 cm³/mol. The van der Waals surface area contributed by atoms with Crippen molar-refractivity contribution in [3.8, 4) is 0 Å². The van der Waals surface area contributed by atoms with Gasteiger partial charge >= 0.3 is 0 Å². The van der Waals surface area contributed by atoms with Crippen LogP contribution in [0.5, 0.6) is 0 Å². The monoisotopic (exact) mass is 445 g/mol.